The quantitative estimate of drug-likeness (QED) is 0.0717. The summed E-state index contributed by atoms with van der Waals surface area (Å²) < 4.78 is 10.8. The number of Topliss-reactive ketones (excluding diaryl/α,β-unsaturated/α-hetero) is 1. The fourth-order valence-corrected chi connectivity index (χ4v) is 4.23. The minimum Gasteiger partial charge on any atom is -0.465 e. The van der Waals surface area contributed by atoms with Gasteiger partial charge < -0.3 is 13.1 Å². The minimum atomic E-state index is -0.819. The number of hydrogen-bond donors (Lipinski definition) is 1. The topological polar surface area (TPSA) is 81.7 Å². The summed E-state index contributed by atoms with van der Waals surface area (Å²) in [5, 5.41) is 2.74. The van der Waals surface area contributed by atoms with E-state index in [1.54, 1.807) is 42.9 Å². The molecule has 0 aliphatic heterocycles. The summed E-state index contributed by atoms with van der Waals surface area (Å²) in [6, 6.07) is 0. The van der Waals surface area contributed by atoms with Gasteiger partial charge in [0.1, 0.15) is 28.8 Å². The molecule has 0 fully saturated rings. The zero-order valence-electron chi connectivity index (χ0n) is 25.1. The molecule has 40 heavy (non-hydrogen) atoms. The number of allylic oxidation sites excluding steroid dienone is 11. The van der Waals surface area contributed by atoms with Crippen LogP contribution in [0.1, 0.15) is 86.0 Å². The van der Waals surface area contributed by atoms with Gasteiger partial charge in [0.25, 0.3) is 5.91 Å². The normalized spacial score (nSPS) is 13.7. The molecule has 1 N–H and O–H groups in total. The average Bonchev–Trinajstić information content (AvgIpc) is 2.91. The molecule has 0 aromatic heterocycles. The molecule has 0 unspecified atom stereocenters. The molecule has 0 aromatic rings. The molecule has 0 spiro atoms. The number of hydrogen-bond acceptors (Lipinski definition) is 5. The first kappa shape index (κ1) is 37.7. The van der Waals surface area contributed by atoms with Crippen LogP contribution in [0.3, 0.4) is 0 Å². The van der Waals surface area contributed by atoms with Gasteiger partial charge in [0.05, 0.1) is 13.0 Å². The SMILES string of the molecule is CC/C=C\C/C=C\C/C=C\C/C=C\C/C=C\C/C=C\CC(=O)OCC(C)(C)[C@@H](OI)C(=O)NCCC(=O)C(C)C. The second kappa shape index (κ2) is 24.5. The van der Waals surface area contributed by atoms with Gasteiger partial charge in [0.15, 0.2) is 6.10 Å². The van der Waals surface area contributed by atoms with Gasteiger partial charge in [-0.3, -0.25) is 14.4 Å². The predicted octanol–water partition coefficient (Wildman–Crippen LogP) is 8.11. The highest BCUT2D eigenvalue weighted by atomic mass is 127. The van der Waals surface area contributed by atoms with Crippen LogP contribution in [-0.4, -0.2) is 36.9 Å². The lowest BCUT2D eigenvalue weighted by atomic mass is 9.87. The van der Waals surface area contributed by atoms with Crippen LogP contribution in [0.5, 0.6) is 0 Å². The van der Waals surface area contributed by atoms with Crippen molar-refractivity contribution >= 4 is 40.7 Å². The number of ketones is 1. The van der Waals surface area contributed by atoms with Crippen molar-refractivity contribution < 1.29 is 22.2 Å². The van der Waals surface area contributed by atoms with Crippen LogP contribution in [0.15, 0.2) is 72.9 Å². The fraction of sp³-hybridized carbons (Fsp3) is 0.545. The Bertz CT molecular complexity index is 897. The molecule has 0 heterocycles. The second-order valence-electron chi connectivity index (χ2n) is 10.4. The molecule has 1 atom stereocenters. The molecule has 0 bridgehead atoms. The van der Waals surface area contributed by atoms with Crippen molar-refractivity contribution in [1.82, 2.24) is 5.32 Å². The van der Waals surface area contributed by atoms with E-state index in [9.17, 15) is 14.4 Å². The van der Waals surface area contributed by atoms with E-state index < -0.39 is 11.5 Å². The number of carbonyl (C=O) groups excluding carboxylic acids is 3. The number of amides is 1. The van der Waals surface area contributed by atoms with Gasteiger partial charge in [0, 0.05) is 24.3 Å². The predicted molar refractivity (Wildman–Crippen MR) is 174 cm³/mol. The van der Waals surface area contributed by atoms with Crippen molar-refractivity contribution in [2.24, 2.45) is 11.3 Å². The maximum atomic E-state index is 12.5. The van der Waals surface area contributed by atoms with Gasteiger partial charge in [0.2, 0.25) is 0 Å². The maximum absolute atomic E-state index is 12.5. The van der Waals surface area contributed by atoms with Gasteiger partial charge in [-0.25, -0.2) is 0 Å². The van der Waals surface area contributed by atoms with Gasteiger partial charge in [-0.2, -0.15) is 0 Å². The van der Waals surface area contributed by atoms with E-state index in [-0.39, 0.29) is 49.6 Å². The molecule has 0 rings (SSSR count). The summed E-state index contributed by atoms with van der Waals surface area (Å²) in [5.41, 5.74) is -0.735. The Morgan fingerprint density at radius 3 is 1.65 bits per heavy atom. The van der Waals surface area contributed by atoms with Crippen LogP contribution < -0.4 is 5.32 Å². The van der Waals surface area contributed by atoms with Gasteiger partial charge >= 0.3 is 5.97 Å². The lowest BCUT2D eigenvalue weighted by Crippen LogP contribution is -2.47. The third-order valence-corrected chi connectivity index (χ3v) is 6.35. The summed E-state index contributed by atoms with van der Waals surface area (Å²) in [6.45, 7) is 9.71. The first-order chi connectivity index (χ1) is 19.2. The minimum absolute atomic E-state index is 0.0421. The van der Waals surface area contributed by atoms with Gasteiger partial charge in [-0.15, -0.1) is 0 Å². The number of ether oxygens (including phenoxy) is 1. The third kappa shape index (κ3) is 20.6. The fourth-order valence-electron chi connectivity index (χ4n) is 3.31. The lowest BCUT2D eigenvalue weighted by molar-refractivity contribution is -0.150. The van der Waals surface area contributed by atoms with Gasteiger partial charge in [-0.05, 0) is 38.5 Å². The highest BCUT2D eigenvalue weighted by molar-refractivity contribution is 14.1. The molecule has 0 aliphatic rings. The molecule has 7 heteroatoms. The monoisotopic (exact) mass is 667 g/mol. The Kier molecular flexibility index (Phi) is 23.1. The first-order valence-corrected chi connectivity index (χ1v) is 15.2. The van der Waals surface area contributed by atoms with Crippen molar-refractivity contribution in [2.45, 2.75) is 92.1 Å². The molecule has 0 aliphatic carbocycles. The zero-order valence-corrected chi connectivity index (χ0v) is 27.2. The van der Waals surface area contributed by atoms with E-state index in [0.717, 1.165) is 38.5 Å². The highest BCUT2D eigenvalue weighted by Crippen LogP contribution is 2.26. The Labute approximate surface area is 256 Å². The largest absolute Gasteiger partial charge is 0.465 e. The van der Waals surface area contributed by atoms with Crippen molar-refractivity contribution in [3.63, 3.8) is 0 Å². The Morgan fingerprint density at radius 2 is 1.23 bits per heavy atom. The van der Waals surface area contributed by atoms with Crippen molar-refractivity contribution in [1.29, 1.82) is 0 Å². The van der Waals surface area contributed by atoms with Crippen LogP contribution in [-0.2, 0) is 22.2 Å². The standard InChI is InChI=1S/C33H50INO5/c1-6-7-8-9-10-11-12-13-14-15-16-17-18-19-20-21-22-23-24-30(37)39-27-33(4,5)31(40-34)32(38)35-26-25-29(36)28(2)3/h7-8,10-11,13-14,16-17,19-20,22-23,28,31H,6,9,12,15,18,21,24-27H2,1-5H3,(H,35,38)/b8-7-,11-10-,14-13-,17-16-,20-19-,23-22-/t31-/m0/s1. The van der Waals surface area contributed by atoms with E-state index in [1.165, 1.54) is 0 Å². The van der Waals surface area contributed by atoms with Crippen LogP contribution in [0, 0.1) is 11.3 Å². The zero-order chi connectivity index (χ0) is 30.1. The summed E-state index contributed by atoms with van der Waals surface area (Å²) in [4.78, 5) is 36.5. The van der Waals surface area contributed by atoms with Crippen LogP contribution in [0.4, 0.5) is 0 Å². The van der Waals surface area contributed by atoms with Crippen LogP contribution >= 0.6 is 23.0 Å². The molecule has 0 radical (unpaired) electrons. The molecular weight excluding hydrogens is 617 g/mol. The van der Waals surface area contributed by atoms with Crippen LogP contribution in [0.25, 0.3) is 0 Å². The summed E-state index contributed by atoms with van der Waals surface area (Å²) in [6.07, 6.45) is 30.6. The Balaban J connectivity index is 4.15. The number of carbonyl (C=O) groups is 3. The molecule has 0 saturated heterocycles. The summed E-state index contributed by atoms with van der Waals surface area (Å²) in [7, 11) is 0. The Hall–Kier alpha value is -2.26. The van der Waals surface area contributed by atoms with E-state index >= 15 is 0 Å². The first-order valence-electron chi connectivity index (χ1n) is 14.3. The summed E-state index contributed by atoms with van der Waals surface area (Å²) >= 11 is 1.68. The van der Waals surface area contributed by atoms with E-state index in [2.05, 4.69) is 73.0 Å². The average molecular weight is 668 g/mol. The lowest BCUT2D eigenvalue weighted by Gasteiger charge is -2.30. The van der Waals surface area contributed by atoms with E-state index in [1.807, 2.05) is 19.9 Å². The van der Waals surface area contributed by atoms with Crippen LogP contribution in [0.2, 0.25) is 0 Å². The molecule has 0 aromatic carbocycles. The second-order valence-corrected chi connectivity index (χ2v) is 10.9. The molecule has 0 saturated carbocycles. The van der Waals surface area contributed by atoms with E-state index in [4.69, 9.17) is 7.80 Å². The number of halogens is 1. The molecule has 1 amide bonds. The third-order valence-electron chi connectivity index (χ3n) is 5.84. The molecule has 224 valence electrons. The number of esters is 1. The Morgan fingerprint density at radius 1 is 0.775 bits per heavy atom. The molecule has 6 nitrogen and oxygen atoms in total. The summed E-state index contributed by atoms with van der Waals surface area (Å²) in [5.74, 6) is -0.660. The van der Waals surface area contributed by atoms with Crippen molar-refractivity contribution in [2.75, 3.05) is 13.2 Å². The number of nitrogens with one attached hydrogen (secondary N) is 1. The number of rotatable bonds is 22. The molecular formula is C33H50INO5. The van der Waals surface area contributed by atoms with Gasteiger partial charge in [-0.1, -0.05) is 108 Å². The highest BCUT2D eigenvalue weighted by Gasteiger charge is 2.37. The maximum Gasteiger partial charge on any atom is 0.309 e. The van der Waals surface area contributed by atoms with Crippen molar-refractivity contribution in [3.05, 3.63) is 72.9 Å². The van der Waals surface area contributed by atoms with E-state index in [0.29, 0.717) is 0 Å². The van der Waals surface area contributed by atoms with Crippen molar-refractivity contribution in [3.8, 4) is 0 Å². The smallest absolute Gasteiger partial charge is 0.309 e.